The van der Waals surface area contributed by atoms with Crippen molar-refractivity contribution >= 4 is 40.0 Å². The predicted molar refractivity (Wildman–Crippen MR) is 121 cm³/mol. The molecule has 0 radical (unpaired) electrons. The molecule has 9 heteroatoms. The molecule has 1 heterocycles. The Morgan fingerprint density at radius 2 is 1.92 bits per heavy atom. The maximum Gasteiger partial charge on any atom is 0.209 e. The summed E-state index contributed by atoms with van der Waals surface area (Å²) < 4.78 is 25.5. The van der Waals surface area contributed by atoms with Crippen molar-refractivity contribution < 1.29 is 8.42 Å². The number of piperidine rings is 1. The Kier molecular flexibility index (Phi) is 12.3. The Morgan fingerprint density at radius 1 is 1.23 bits per heavy atom. The van der Waals surface area contributed by atoms with Gasteiger partial charge in [-0.25, -0.2) is 13.1 Å². The first-order valence-electron chi connectivity index (χ1n) is 9.42. The van der Waals surface area contributed by atoms with Gasteiger partial charge in [0.15, 0.2) is 5.96 Å². The van der Waals surface area contributed by atoms with Crippen LogP contribution in [0.25, 0.3) is 0 Å². The Morgan fingerprint density at radius 3 is 2.50 bits per heavy atom. The van der Waals surface area contributed by atoms with Crippen molar-refractivity contribution in [2.45, 2.75) is 65.0 Å². The number of aliphatic imine (C=N–C) groups is 1. The van der Waals surface area contributed by atoms with Gasteiger partial charge in [0, 0.05) is 31.2 Å². The van der Waals surface area contributed by atoms with Crippen molar-refractivity contribution in [2.24, 2.45) is 4.99 Å². The molecule has 0 aromatic rings. The monoisotopic (exact) mass is 503 g/mol. The van der Waals surface area contributed by atoms with Gasteiger partial charge >= 0.3 is 0 Å². The minimum absolute atomic E-state index is 0. The van der Waals surface area contributed by atoms with Gasteiger partial charge in [-0.2, -0.15) is 0 Å². The number of likely N-dealkylation sites (tertiary alicyclic amines) is 1. The summed E-state index contributed by atoms with van der Waals surface area (Å²) in [6.45, 7) is 12.1. The van der Waals surface area contributed by atoms with Crippen LogP contribution >= 0.6 is 24.0 Å². The van der Waals surface area contributed by atoms with Crippen LogP contribution in [0.3, 0.4) is 0 Å². The van der Waals surface area contributed by atoms with E-state index in [1.165, 1.54) is 38.5 Å². The Bertz CT molecular complexity index is 525. The molecule has 156 valence electrons. The summed E-state index contributed by atoms with van der Waals surface area (Å²) in [5.74, 6) is 0.732. The van der Waals surface area contributed by atoms with Gasteiger partial charge in [-0.05, 0) is 46.6 Å². The van der Waals surface area contributed by atoms with Crippen LogP contribution in [0.2, 0.25) is 0 Å². The summed E-state index contributed by atoms with van der Waals surface area (Å²) in [7, 11) is -3.25. The van der Waals surface area contributed by atoms with E-state index in [0.29, 0.717) is 12.6 Å². The van der Waals surface area contributed by atoms with E-state index in [1.807, 2.05) is 20.8 Å². The third-order valence-corrected chi connectivity index (χ3v) is 5.27. The predicted octanol–water partition coefficient (Wildman–Crippen LogP) is 1.75. The summed E-state index contributed by atoms with van der Waals surface area (Å²) in [5.41, 5.74) is -0.615. The smallest absolute Gasteiger partial charge is 0.209 e. The van der Waals surface area contributed by atoms with Crippen molar-refractivity contribution in [1.82, 2.24) is 20.3 Å². The maximum atomic E-state index is 11.4. The molecular formula is C17H38IN5O2S. The lowest BCUT2D eigenvalue weighted by atomic mass is 10.0. The molecule has 0 saturated carbocycles. The summed E-state index contributed by atoms with van der Waals surface area (Å²) in [6.07, 6.45) is 6.31. The number of halogens is 1. The van der Waals surface area contributed by atoms with Gasteiger partial charge in [0.1, 0.15) is 0 Å². The minimum Gasteiger partial charge on any atom is -0.357 e. The number of rotatable bonds is 9. The molecule has 1 saturated heterocycles. The number of hydrogen-bond acceptors (Lipinski definition) is 4. The van der Waals surface area contributed by atoms with E-state index in [2.05, 4.69) is 32.2 Å². The lowest BCUT2D eigenvalue weighted by molar-refractivity contribution is 0.147. The first kappa shape index (κ1) is 25.9. The molecule has 0 aliphatic carbocycles. The Labute approximate surface area is 177 Å². The fourth-order valence-corrected chi connectivity index (χ4v) is 4.36. The van der Waals surface area contributed by atoms with Crippen LogP contribution in [-0.2, 0) is 10.0 Å². The van der Waals surface area contributed by atoms with Gasteiger partial charge < -0.3 is 10.6 Å². The highest BCUT2D eigenvalue weighted by Crippen LogP contribution is 2.18. The summed E-state index contributed by atoms with van der Waals surface area (Å²) in [5, 5.41) is 6.59. The fourth-order valence-electron chi connectivity index (χ4n) is 3.29. The number of hydrogen-bond donors (Lipinski definition) is 3. The molecule has 0 amide bonds. The number of sulfonamides is 1. The molecule has 1 rings (SSSR count). The van der Waals surface area contributed by atoms with Crippen LogP contribution in [0.5, 0.6) is 0 Å². The highest BCUT2D eigenvalue weighted by atomic mass is 127. The molecule has 0 aromatic heterocycles. The summed E-state index contributed by atoms with van der Waals surface area (Å²) in [4.78, 5) is 7.10. The molecule has 1 aliphatic rings. The molecule has 26 heavy (non-hydrogen) atoms. The molecule has 1 unspecified atom stereocenters. The first-order chi connectivity index (χ1) is 11.7. The molecule has 1 atom stereocenters. The zero-order valence-electron chi connectivity index (χ0n) is 17.0. The van der Waals surface area contributed by atoms with E-state index >= 15 is 0 Å². The third-order valence-electron chi connectivity index (χ3n) is 4.35. The second kappa shape index (κ2) is 12.4. The minimum atomic E-state index is -3.25. The SMILES string of the molecule is CCNC(=NCC(C)(C)NS(C)(=O)=O)NCCN1CCCCC1CC.I. The zero-order valence-corrected chi connectivity index (χ0v) is 20.1. The molecule has 0 bridgehead atoms. The molecular weight excluding hydrogens is 465 g/mol. The van der Waals surface area contributed by atoms with Crippen molar-refractivity contribution in [3.8, 4) is 0 Å². The molecule has 3 N–H and O–H groups in total. The maximum absolute atomic E-state index is 11.4. The van der Waals surface area contributed by atoms with E-state index in [-0.39, 0.29) is 24.0 Å². The van der Waals surface area contributed by atoms with Crippen molar-refractivity contribution in [1.29, 1.82) is 0 Å². The van der Waals surface area contributed by atoms with Gasteiger partial charge in [0.25, 0.3) is 0 Å². The summed E-state index contributed by atoms with van der Waals surface area (Å²) >= 11 is 0. The second-order valence-electron chi connectivity index (χ2n) is 7.47. The van der Waals surface area contributed by atoms with E-state index in [9.17, 15) is 8.42 Å². The molecule has 0 aromatic carbocycles. The van der Waals surface area contributed by atoms with Crippen LogP contribution in [-0.4, -0.2) is 69.8 Å². The number of nitrogens with one attached hydrogen (secondary N) is 3. The molecule has 1 fully saturated rings. The molecule has 1 aliphatic heterocycles. The van der Waals surface area contributed by atoms with Gasteiger partial charge in [-0.3, -0.25) is 9.89 Å². The molecule has 7 nitrogen and oxygen atoms in total. The van der Waals surface area contributed by atoms with Gasteiger partial charge in [-0.15, -0.1) is 24.0 Å². The van der Waals surface area contributed by atoms with Gasteiger partial charge in [0.2, 0.25) is 10.0 Å². The van der Waals surface area contributed by atoms with E-state index < -0.39 is 15.6 Å². The topological polar surface area (TPSA) is 85.8 Å². The van der Waals surface area contributed by atoms with Crippen LogP contribution in [0.4, 0.5) is 0 Å². The lowest BCUT2D eigenvalue weighted by Gasteiger charge is -2.35. The largest absolute Gasteiger partial charge is 0.357 e. The number of nitrogens with zero attached hydrogens (tertiary/aromatic N) is 2. The van der Waals surface area contributed by atoms with Crippen LogP contribution < -0.4 is 15.4 Å². The quantitative estimate of drug-likeness (QED) is 0.254. The van der Waals surface area contributed by atoms with Crippen LogP contribution in [0, 0.1) is 0 Å². The highest BCUT2D eigenvalue weighted by molar-refractivity contribution is 14.0. The third kappa shape index (κ3) is 10.9. The van der Waals surface area contributed by atoms with Crippen molar-refractivity contribution in [3.05, 3.63) is 0 Å². The normalized spacial score (nSPS) is 19.7. The molecule has 0 spiro atoms. The van der Waals surface area contributed by atoms with Crippen molar-refractivity contribution in [3.63, 3.8) is 0 Å². The van der Waals surface area contributed by atoms with E-state index in [1.54, 1.807) is 0 Å². The Balaban J connectivity index is 0.00000625. The van der Waals surface area contributed by atoms with Crippen LogP contribution in [0.1, 0.15) is 53.4 Å². The van der Waals surface area contributed by atoms with Crippen LogP contribution in [0.15, 0.2) is 4.99 Å². The zero-order chi connectivity index (χ0) is 18.9. The van der Waals surface area contributed by atoms with E-state index in [4.69, 9.17) is 0 Å². The highest BCUT2D eigenvalue weighted by Gasteiger charge is 2.22. The number of guanidine groups is 1. The van der Waals surface area contributed by atoms with Gasteiger partial charge in [-0.1, -0.05) is 13.3 Å². The standard InChI is InChI=1S/C17H37N5O2S.HI/c1-6-15-10-8-9-12-22(15)13-11-19-16(18-7-2)20-14-17(3,4)21-25(5,23)24;/h15,21H,6-14H2,1-5H3,(H2,18,19,20);1H. The van der Waals surface area contributed by atoms with Crippen molar-refractivity contribution in [2.75, 3.05) is 39.0 Å². The second-order valence-corrected chi connectivity index (χ2v) is 9.22. The fraction of sp³-hybridized carbons (Fsp3) is 0.941. The average Bonchev–Trinajstić information content (AvgIpc) is 2.51. The Hall–Kier alpha value is -0.130. The van der Waals surface area contributed by atoms with E-state index in [0.717, 1.165) is 25.6 Å². The average molecular weight is 503 g/mol. The first-order valence-corrected chi connectivity index (χ1v) is 11.3. The lowest BCUT2D eigenvalue weighted by Crippen LogP contribution is -2.48. The van der Waals surface area contributed by atoms with Gasteiger partial charge in [0.05, 0.1) is 12.8 Å². The summed E-state index contributed by atoms with van der Waals surface area (Å²) in [6, 6.07) is 0.702.